The lowest BCUT2D eigenvalue weighted by Crippen LogP contribution is -2.58. The standard InChI is InChI=1S/C31H35ClN6O4/c1-16(2)24-26(17(3)11-12-33-24)38-29-22(13-23(32)25(34-29)21-10-8-9-18(4)27(21)42-7)28(35-30(38)39)36-14-20(6)37(31(40)41)15-19(36)5/h8-13,16,19-20H,14-15H2,1-7H3,(H,40,41)/t19-,20+/m0/s1. The zero-order chi connectivity index (χ0) is 30.5. The number of carboxylic acid groups (broad SMARTS) is 1. The summed E-state index contributed by atoms with van der Waals surface area (Å²) in [4.78, 5) is 43.6. The van der Waals surface area contributed by atoms with Gasteiger partial charge in [-0.15, -0.1) is 0 Å². The minimum Gasteiger partial charge on any atom is -0.496 e. The molecule has 0 spiro atoms. The number of aromatic nitrogens is 4. The maximum Gasteiger partial charge on any atom is 0.407 e. The van der Waals surface area contributed by atoms with Crippen molar-refractivity contribution in [2.75, 3.05) is 25.1 Å². The van der Waals surface area contributed by atoms with Crippen LogP contribution >= 0.6 is 11.6 Å². The van der Waals surface area contributed by atoms with E-state index in [1.54, 1.807) is 19.4 Å². The van der Waals surface area contributed by atoms with Crippen LogP contribution in [0.2, 0.25) is 5.02 Å². The van der Waals surface area contributed by atoms with Crippen LogP contribution in [-0.4, -0.2) is 67.9 Å². The highest BCUT2D eigenvalue weighted by atomic mass is 35.5. The SMILES string of the molecule is COc1c(C)cccc1-c1nc2c(cc1Cl)c(N1C[C@@H](C)N(C(=O)O)C[C@@H]1C)nc(=O)n2-c1c(C)ccnc1C(C)C. The van der Waals surface area contributed by atoms with Gasteiger partial charge in [0, 0.05) is 36.9 Å². The van der Waals surface area contributed by atoms with Gasteiger partial charge >= 0.3 is 11.8 Å². The molecule has 1 N–H and O–H groups in total. The minimum absolute atomic E-state index is 0.0233. The molecule has 220 valence electrons. The minimum atomic E-state index is -0.975. The molecule has 10 nitrogen and oxygen atoms in total. The van der Waals surface area contributed by atoms with E-state index >= 15 is 0 Å². The summed E-state index contributed by atoms with van der Waals surface area (Å²) in [5, 5.41) is 10.6. The second kappa shape index (κ2) is 11.2. The van der Waals surface area contributed by atoms with Gasteiger partial charge in [0.2, 0.25) is 0 Å². The second-order valence-electron chi connectivity index (χ2n) is 11.2. The van der Waals surface area contributed by atoms with Gasteiger partial charge < -0.3 is 19.6 Å². The Morgan fingerprint density at radius 1 is 1.10 bits per heavy atom. The molecule has 0 radical (unpaired) electrons. The third-order valence-electron chi connectivity index (χ3n) is 7.90. The molecule has 0 unspecified atom stereocenters. The van der Waals surface area contributed by atoms with Crippen LogP contribution in [0.1, 0.15) is 50.4 Å². The Morgan fingerprint density at radius 3 is 2.50 bits per heavy atom. The number of halogens is 1. The molecular weight excluding hydrogens is 556 g/mol. The number of ether oxygens (including phenoxy) is 1. The second-order valence-corrected chi connectivity index (χ2v) is 11.6. The summed E-state index contributed by atoms with van der Waals surface area (Å²) in [7, 11) is 1.60. The Hall–Kier alpha value is -4.18. The summed E-state index contributed by atoms with van der Waals surface area (Å²) in [6.45, 7) is 12.3. The van der Waals surface area contributed by atoms with Gasteiger partial charge in [-0.25, -0.2) is 19.1 Å². The Labute approximate surface area is 249 Å². The predicted octanol–water partition coefficient (Wildman–Crippen LogP) is 5.82. The largest absolute Gasteiger partial charge is 0.496 e. The van der Waals surface area contributed by atoms with Gasteiger partial charge in [-0.1, -0.05) is 37.6 Å². The first-order chi connectivity index (χ1) is 19.9. The number of pyridine rings is 2. The number of anilines is 1. The van der Waals surface area contributed by atoms with Crippen molar-refractivity contribution in [2.24, 2.45) is 0 Å². The molecule has 3 aromatic heterocycles. The highest BCUT2D eigenvalue weighted by molar-refractivity contribution is 6.34. The molecule has 1 aromatic carbocycles. The number of hydrogen-bond donors (Lipinski definition) is 1. The van der Waals surface area contributed by atoms with Gasteiger partial charge in [-0.05, 0) is 62.9 Å². The zero-order valence-corrected chi connectivity index (χ0v) is 25.6. The molecule has 1 fully saturated rings. The lowest BCUT2D eigenvalue weighted by Gasteiger charge is -2.43. The molecule has 4 heterocycles. The summed E-state index contributed by atoms with van der Waals surface area (Å²) in [5.74, 6) is 1.08. The molecule has 11 heteroatoms. The zero-order valence-electron chi connectivity index (χ0n) is 24.8. The van der Waals surface area contributed by atoms with Gasteiger partial charge in [0.25, 0.3) is 0 Å². The van der Waals surface area contributed by atoms with Crippen LogP contribution in [-0.2, 0) is 0 Å². The summed E-state index contributed by atoms with van der Waals surface area (Å²) < 4.78 is 7.26. The maximum atomic E-state index is 14.1. The molecule has 0 saturated carbocycles. The molecule has 5 rings (SSSR count). The predicted molar refractivity (Wildman–Crippen MR) is 164 cm³/mol. The average Bonchev–Trinajstić information content (AvgIpc) is 2.93. The number of aryl methyl sites for hydroxylation is 2. The van der Waals surface area contributed by atoms with Gasteiger partial charge in [0.15, 0.2) is 5.65 Å². The highest BCUT2D eigenvalue weighted by Gasteiger charge is 2.34. The number of fused-ring (bicyclic) bond motifs is 1. The van der Waals surface area contributed by atoms with Crippen molar-refractivity contribution in [1.29, 1.82) is 0 Å². The summed E-state index contributed by atoms with van der Waals surface area (Å²) in [6, 6.07) is 8.84. The molecular formula is C31H35ClN6O4. The van der Waals surface area contributed by atoms with E-state index in [0.29, 0.717) is 51.1 Å². The molecule has 2 atom stereocenters. The molecule has 4 aromatic rings. The third-order valence-corrected chi connectivity index (χ3v) is 8.19. The Balaban J connectivity index is 1.86. The Bertz CT molecular complexity index is 1750. The summed E-state index contributed by atoms with van der Waals surface area (Å²) in [5.41, 5.74) is 4.21. The van der Waals surface area contributed by atoms with Gasteiger partial charge in [0.05, 0.1) is 34.6 Å². The van der Waals surface area contributed by atoms with Crippen LogP contribution in [0.5, 0.6) is 5.75 Å². The van der Waals surface area contributed by atoms with E-state index < -0.39 is 11.8 Å². The topological polar surface area (TPSA) is 114 Å². The van der Waals surface area contributed by atoms with Crippen LogP contribution < -0.4 is 15.3 Å². The first kappa shape index (κ1) is 29.3. The number of hydrogen-bond acceptors (Lipinski definition) is 7. The van der Waals surface area contributed by atoms with E-state index in [1.165, 1.54) is 9.47 Å². The van der Waals surface area contributed by atoms with Crippen molar-refractivity contribution in [3.05, 3.63) is 68.9 Å². The van der Waals surface area contributed by atoms with Crippen molar-refractivity contribution >= 4 is 34.5 Å². The first-order valence-electron chi connectivity index (χ1n) is 13.9. The quantitative estimate of drug-likeness (QED) is 0.309. The fourth-order valence-corrected chi connectivity index (χ4v) is 6.05. The fourth-order valence-electron chi connectivity index (χ4n) is 5.80. The van der Waals surface area contributed by atoms with Crippen molar-refractivity contribution in [2.45, 2.75) is 59.5 Å². The van der Waals surface area contributed by atoms with Crippen molar-refractivity contribution < 1.29 is 14.6 Å². The monoisotopic (exact) mass is 590 g/mol. The number of amides is 1. The molecule has 1 saturated heterocycles. The Morgan fingerprint density at radius 2 is 1.83 bits per heavy atom. The molecule has 1 aliphatic rings. The molecule has 0 bridgehead atoms. The number of para-hydroxylation sites is 1. The van der Waals surface area contributed by atoms with Crippen molar-refractivity contribution in [3.63, 3.8) is 0 Å². The van der Waals surface area contributed by atoms with E-state index in [0.717, 1.165) is 16.8 Å². The smallest absolute Gasteiger partial charge is 0.407 e. The van der Waals surface area contributed by atoms with E-state index in [-0.39, 0.29) is 24.5 Å². The van der Waals surface area contributed by atoms with Crippen LogP contribution in [0, 0.1) is 13.8 Å². The van der Waals surface area contributed by atoms with E-state index in [4.69, 9.17) is 21.3 Å². The van der Waals surface area contributed by atoms with E-state index in [2.05, 4.69) is 9.97 Å². The van der Waals surface area contributed by atoms with Gasteiger partial charge in [-0.3, -0.25) is 4.98 Å². The number of piperazine rings is 1. The van der Waals surface area contributed by atoms with Crippen molar-refractivity contribution in [3.8, 4) is 22.7 Å². The third kappa shape index (κ3) is 4.93. The lowest BCUT2D eigenvalue weighted by atomic mass is 10.0. The molecule has 1 aliphatic heterocycles. The van der Waals surface area contributed by atoms with Crippen LogP contribution in [0.25, 0.3) is 28.0 Å². The number of carbonyl (C=O) groups is 1. The van der Waals surface area contributed by atoms with Gasteiger partial charge in [-0.2, -0.15) is 4.98 Å². The molecule has 0 aliphatic carbocycles. The molecule has 42 heavy (non-hydrogen) atoms. The number of benzene rings is 1. The van der Waals surface area contributed by atoms with Crippen LogP contribution in [0.15, 0.2) is 41.3 Å². The molecule has 1 amide bonds. The van der Waals surface area contributed by atoms with Crippen molar-refractivity contribution in [1.82, 2.24) is 24.4 Å². The highest BCUT2D eigenvalue weighted by Crippen LogP contribution is 2.39. The van der Waals surface area contributed by atoms with E-state index in [1.807, 2.05) is 70.7 Å². The first-order valence-corrected chi connectivity index (χ1v) is 14.3. The number of nitrogens with zero attached hydrogens (tertiary/aromatic N) is 6. The van der Waals surface area contributed by atoms with Crippen LogP contribution in [0.4, 0.5) is 10.6 Å². The normalized spacial score (nSPS) is 17.3. The Kier molecular flexibility index (Phi) is 7.85. The summed E-state index contributed by atoms with van der Waals surface area (Å²) in [6.07, 6.45) is 0.763. The maximum absolute atomic E-state index is 14.1. The number of methoxy groups -OCH3 is 1. The van der Waals surface area contributed by atoms with Crippen LogP contribution in [0.3, 0.4) is 0 Å². The lowest BCUT2D eigenvalue weighted by molar-refractivity contribution is 0.114. The average molecular weight is 591 g/mol. The fraction of sp³-hybridized carbons (Fsp3) is 0.387. The number of rotatable bonds is 5. The summed E-state index contributed by atoms with van der Waals surface area (Å²) >= 11 is 6.96. The van der Waals surface area contributed by atoms with E-state index in [9.17, 15) is 14.7 Å². The van der Waals surface area contributed by atoms with Gasteiger partial charge in [0.1, 0.15) is 11.6 Å².